The molecular weight excluding hydrogens is 352 g/mol. The molecule has 2 N–H and O–H groups in total. The number of nitrogens with zero attached hydrogens (tertiary/aromatic N) is 3. The van der Waals surface area contributed by atoms with Gasteiger partial charge in [-0.3, -0.25) is 4.68 Å². The highest BCUT2D eigenvalue weighted by atomic mass is 35.5. The number of aliphatic hydroxyl groups is 1. The van der Waals surface area contributed by atoms with Gasteiger partial charge >= 0.3 is 6.03 Å². The molecule has 2 aliphatic rings. The van der Waals surface area contributed by atoms with Gasteiger partial charge in [0.1, 0.15) is 6.10 Å². The van der Waals surface area contributed by atoms with Crippen LogP contribution in [0.5, 0.6) is 0 Å². The fraction of sp³-hybridized carbons (Fsp3) is 0.579. The second-order valence-corrected chi connectivity index (χ2v) is 8.05. The summed E-state index contributed by atoms with van der Waals surface area (Å²) >= 11 is 6.22. The summed E-state index contributed by atoms with van der Waals surface area (Å²) in [5.41, 5.74) is 1.32. The number of likely N-dealkylation sites (tertiary alicyclic amines) is 1. The van der Waals surface area contributed by atoms with Gasteiger partial charge in [-0.05, 0) is 44.2 Å². The number of urea groups is 1. The van der Waals surface area contributed by atoms with Crippen LogP contribution in [0.25, 0.3) is 10.9 Å². The zero-order valence-corrected chi connectivity index (χ0v) is 16.0. The van der Waals surface area contributed by atoms with E-state index in [2.05, 4.69) is 17.3 Å². The molecule has 2 amide bonds. The van der Waals surface area contributed by atoms with Crippen LogP contribution in [0.2, 0.25) is 5.02 Å². The van der Waals surface area contributed by atoms with Gasteiger partial charge in [-0.1, -0.05) is 18.5 Å². The van der Waals surface area contributed by atoms with Crippen molar-refractivity contribution in [2.75, 3.05) is 19.6 Å². The normalized spacial score (nSPS) is 25.8. The molecule has 2 atom stereocenters. The molecule has 0 bridgehead atoms. The number of halogens is 1. The molecule has 0 saturated carbocycles. The van der Waals surface area contributed by atoms with Crippen LogP contribution >= 0.6 is 11.6 Å². The van der Waals surface area contributed by atoms with E-state index in [0.29, 0.717) is 24.7 Å². The summed E-state index contributed by atoms with van der Waals surface area (Å²) in [7, 11) is 0. The Morgan fingerprint density at radius 2 is 2.15 bits per heavy atom. The van der Waals surface area contributed by atoms with Crippen molar-refractivity contribution in [1.82, 2.24) is 20.0 Å². The van der Waals surface area contributed by atoms with Crippen molar-refractivity contribution in [2.45, 2.75) is 44.8 Å². The van der Waals surface area contributed by atoms with Crippen LogP contribution in [0.4, 0.5) is 4.79 Å². The largest absolute Gasteiger partial charge is 0.386 e. The number of carbonyl (C=O) groups is 1. The third-order valence-corrected chi connectivity index (χ3v) is 6.32. The van der Waals surface area contributed by atoms with E-state index < -0.39 is 11.6 Å². The maximum absolute atomic E-state index is 12.2. The number of benzene rings is 1. The lowest BCUT2D eigenvalue weighted by Gasteiger charge is -2.42. The summed E-state index contributed by atoms with van der Waals surface area (Å²) in [6, 6.07) is 3.76. The first kappa shape index (κ1) is 17.6. The van der Waals surface area contributed by atoms with Crippen LogP contribution in [-0.4, -0.2) is 45.5 Å². The number of aliphatic hydroxyl groups excluding tert-OH is 1. The van der Waals surface area contributed by atoms with E-state index in [1.807, 2.05) is 34.8 Å². The van der Waals surface area contributed by atoms with Crippen molar-refractivity contribution in [3.05, 3.63) is 28.9 Å². The molecule has 1 fully saturated rings. The molecule has 1 aromatic heterocycles. The Kier molecular flexibility index (Phi) is 4.35. The van der Waals surface area contributed by atoms with Gasteiger partial charge in [0.15, 0.2) is 0 Å². The highest BCUT2D eigenvalue weighted by Crippen LogP contribution is 2.51. The summed E-state index contributed by atoms with van der Waals surface area (Å²) in [4.78, 5) is 14.1. The molecule has 0 radical (unpaired) electrons. The molecule has 2 aliphatic heterocycles. The molecule has 4 rings (SSSR count). The predicted molar refractivity (Wildman–Crippen MR) is 101 cm³/mol. The molecule has 0 spiro atoms. The highest BCUT2D eigenvalue weighted by Gasteiger charge is 2.50. The minimum Gasteiger partial charge on any atom is -0.386 e. The first-order valence-electron chi connectivity index (χ1n) is 9.35. The quantitative estimate of drug-likeness (QED) is 0.863. The third-order valence-electron chi connectivity index (χ3n) is 6.10. The molecule has 1 unspecified atom stereocenters. The lowest BCUT2D eigenvalue weighted by molar-refractivity contribution is -0.0116. The van der Waals surface area contributed by atoms with Gasteiger partial charge in [0.05, 0.1) is 17.3 Å². The SMILES string of the molecule is CCCNC(=O)N1CCC(C2(C)[C@H](O)c3cc(Cl)cc4cnn2c34)CC1. The van der Waals surface area contributed by atoms with E-state index in [1.54, 1.807) is 0 Å². The Morgan fingerprint density at radius 1 is 1.42 bits per heavy atom. The van der Waals surface area contributed by atoms with Gasteiger partial charge in [0, 0.05) is 35.6 Å². The van der Waals surface area contributed by atoms with E-state index in [4.69, 9.17) is 11.6 Å². The van der Waals surface area contributed by atoms with Crippen molar-refractivity contribution < 1.29 is 9.90 Å². The van der Waals surface area contributed by atoms with Crippen molar-refractivity contribution in [1.29, 1.82) is 0 Å². The van der Waals surface area contributed by atoms with Gasteiger partial charge in [0.25, 0.3) is 0 Å². The van der Waals surface area contributed by atoms with Crippen molar-refractivity contribution in [3.8, 4) is 0 Å². The number of amides is 2. The Labute approximate surface area is 158 Å². The Balaban J connectivity index is 1.56. The molecule has 6 nitrogen and oxygen atoms in total. The van der Waals surface area contributed by atoms with Crippen molar-refractivity contribution >= 4 is 28.5 Å². The smallest absolute Gasteiger partial charge is 0.317 e. The van der Waals surface area contributed by atoms with Gasteiger partial charge in [-0.15, -0.1) is 0 Å². The van der Waals surface area contributed by atoms with E-state index >= 15 is 0 Å². The number of hydrogen-bond donors (Lipinski definition) is 2. The van der Waals surface area contributed by atoms with Crippen LogP contribution in [0, 0.1) is 5.92 Å². The van der Waals surface area contributed by atoms with Crippen LogP contribution < -0.4 is 5.32 Å². The maximum Gasteiger partial charge on any atom is 0.317 e. The lowest BCUT2D eigenvalue weighted by Crippen LogP contribution is -2.50. The summed E-state index contributed by atoms with van der Waals surface area (Å²) in [6.07, 6.45) is 3.80. The average molecular weight is 377 g/mol. The first-order valence-corrected chi connectivity index (χ1v) is 9.73. The highest BCUT2D eigenvalue weighted by molar-refractivity contribution is 6.31. The number of piperidine rings is 1. The number of nitrogens with one attached hydrogen (secondary N) is 1. The fourth-order valence-corrected chi connectivity index (χ4v) is 4.81. The molecular formula is C19H25ClN4O2. The zero-order chi connectivity index (χ0) is 18.5. The van der Waals surface area contributed by atoms with Gasteiger partial charge < -0.3 is 15.3 Å². The predicted octanol–water partition coefficient (Wildman–Crippen LogP) is 3.28. The molecule has 1 saturated heterocycles. The molecule has 0 aliphatic carbocycles. The minimum absolute atomic E-state index is 0.0129. The Morgan fingerprint density at radius 3 is 2.85 bits per heavy atom. The molecule has 2 aromatic rings. The Hall–Kier alpha value is -1.79. The number of aromatic nitrogens is 2. The lowest BCUT2D eigenvalue weighted by atomic mass is 9.75. The van der Waals surface area contributed by atoms with Crippen LogP contribution in [0.15, 0.2) is 18.3 Å². The summed E-state index contributed by atoms with van der Waals surface area (Å²) < 4.78 is 1.98. The van der Waals surface area contributed by atoms with Gasteiger partial charge in [0.2, 0.25) is 0 Å². The Bertz CT molecular complexity index is 843. The van der Waals surface area contributed by atoms with Gasteiger partial charge in [-0.25, -0.2) is 4.79 Å². The molecule has 26 heavy (non-hydrogen) atoms. The maximum atomic E-state index is 12.2. The first-order chi connectivity index (χ1) is 12.5. The standard InChI is InChI=1S/C19H25ClN4O2/c1-3-6-21-18(26)23-7-4-13(5-8-23)19(2)17(25)15-10-14(20)9-12-11-22-24(19)16(12)15/h9-11,13,17,25H,3-8H2,1-2H3,(H,21,26)/t17-,19?/m1/s1. The van der Waals surface area contributed by atoms with Crippen LogP contribution in [0.3, 0.4) is 0 Å². The van der Waals surface area contributed by atoms with E-state index in [0.717, 1.165) is 35.7 Å². The van der Waals surface area contributed by atoms with Crippen LogP contribution in [-0.2, 0) is 5.54 Å². The van der Waals surface area contributed by atoms with E-state index in [1.165, 1.54) is 0 Å². The zero-order valence-electron chi connectivity index (χ0n) is 15.2. The second kappa shape index (κ2) is 6.43. The number of hydrogen-bond acceptors (Lipinski definition) is 3. The second-order valence-electron chi connectivity index (χ2n) is 7.61. The van der Waals surface area contributed by atoms with Crippen LogP contribution in [0.1, 0.15) is 44.8 Å². The molecule has 1 aromatic carbocycles. The fourth-order valence-electron chi connectivity index (χ4n) is 4.57. The topological polar surface area (TPSA) is 70.4 Å². The summed E-state index contributed by atoms with van der Waals surface area (Å²) in [5.74, 6) is 0.238. The molecule has 7 heteroatoms. The minimum atomic E-state index is -0.641. The summed E-state index contributed by atoms with van der Waals surface area (Å²) in [5, 5.41) is 20.2. The van der Waals surface area contributed by atoms with Crippen molar-refractivity contribution in [3.63, 3.8) is 0 Å². The molecule has 3 heterocycles. The van der Waals surface area contributed by atoms with E-state index in [9.17, 15) is 9.90 Å². The van der Waals surface area contributed by atoms with Crippen molar-refractivity contribution in [2.24, 2.45) is 5.92 Å². The van der Waals surface area contributed by atoms with Gasteiger partial charge in [-0.2, -0.15) is 5.10 Å². The average Bonchev–Trinajstić information content (AvgIpc) is 3.16. The molecule has 140 valence electrons. The van der Waals surface area contributed by atoms with E-state index in [-0.39, 0.29) is 11.9 Å². The monoisotopic (exact) mass is 376 g/mol. The third kappa shape index (κ3) is 2.50. The number of carbonyl (C=O) groups excluding carboxylic acids is 1. The number of rotatable bonds is 3. The summed E-state index contributed by atoms with van der Waals surface area (Å²) in [6.45, 7) is 6.23.